The van der Waals surface area contributed by atoms with Gasteiger partial charge in [-0.1, -0.05) is 6.92 Å². The Morgan fingerprint density at radius 2 is 2.26 bits per heavy atom. The van der Waals surface area contributed by atoms with E-state index in [1.54, 1.807) is 17.8 Å². The van der Waals surface area contributed by atoms with Crippen LogP contribution in [0.1, 0.15) is 36.3 Å². The molecule has 0 saturated carbocycles. The third-order valence-electron chi connectivity index (χ3n) is 3.01. The van der Waals surface area contributed by atoms with Crippen LogP contribution in [0.25, 0.3) is 0 Å². The molecular weight excluding hydrogens is 246 g/mol. The second kappa shape index (κ2) is 7.91. The molecule has 0 aliphatic heterocycles. The monoisotopic (exact) mass is 269 g/mol. The van der Waals surface area contributed by atoms with Gasteiger partial charge in [0, 0.05) is 26.7 Å². The second-order valence-corrected chi connectivity index (χ2v) is 4.29. The van der Waals surface area contributed by atoms with Gasteiger partial charge in [-0.25, -0.2) is 4.79 Å². The first-order valence-corrected chi connectivity index (χ1v) is 6.65. The van der Waals surface area contributed by atoms with Gasteiger partial charge in [-0.2, -0.15) is 5.10 Å². The number of aromatic nitrogens is 2. The second-order valence-electron chi connectivity index (χ2n) is 4.29. The number of carbonyl (C=O) groups excluding carboxylic acids is 1. The Kier molecular flexibility index (Phi) is 6.52. The first kappa shape index (κ1) is 15.7. The van der Waals surface area contributed by atoms with Crippen molar-refractivity contribution in [3.05, 3.63) is 17.5 Å². The fraction of sp³-hybridized carbons (Fsp3) is 0.692. The number of ether oxygens (including phenoxy) is 1. The van der Waals surface area contributed by atoms with Gasteiger partial charge in [-0.3, -0.25) is 9.58 Å². The van der Waals surface area contributed by atoms with E-state index >= 15 is 0 Å². The molecule has 19 heavy (non-hydrogen) atoms. The number of aryl methyl sites for hydroxylation is 1. The molecule has 0 aliphatic rings. The predicted molar refractivity (Wildman–Crippen MR) is 71.8 cm³/mol. The highest BCUT2D eigenvalue weighted by Gasteiger charge is 2.18. The summed E-state index contributed by atoms with van der Waals surface area (Å²) >= 11 is 0. The van der Waals surface area contributed by atoms with Gasteiger partial charge in [0.05, 0.1) is 18.5 Å². The largest absolute Gasteiger partial charge is 0.462 e. The molecule has 1 N–H and O–H groups in total. The predicted octanol–water partition coefficient (Wildman–Crippen LogP) is 0.801. The van der Waals surface area contributed by atoms with Crippen LogP contribution in [0.4, 0.5) is 0 Å². The normalized spacial score (nSPS) is 11.0. The average molecular weight is 269 g/mol. The van der Waals surface area contributed by atoms with Gasteiger partial charge in [0.15, 0.2) is 0 Å². The van der Waals surface area contributed by atoms with E-state index < -0.39 is 0 Å². The molecule has 0 amide bonds. The summed E-state index contributed by atoms with van der Waals surface area (Å²) in [5.41, 5.74) is 1.37. The Bertz CT molecular complexity index is 404. The molecular formula is C13H23N3O3. The molecule has 6 nitrogen and oxygen atoms in total. The molecule has 0 spiro atoms. The van der Waals surface area contributed by atoms with E-state index in [0.29, 0.717) is 18.7 Å². The zero-order chi connectivity index (χ0) is 14.3. The Morgan fingerprint density at radius 1 is 1.53 bits per heavy atom. The number of aliphatic hydroxyl groups excluding tert-OH is 1. The Morgan fingerprint density at radius 3 is 2.84 bits per heavy atom. The van der Waals surface area contributed by atoms with Crippen molar-refractivity contribution in [1.82, 2.24) is 14.7 Å². The number of hydrogen-bond donors (Lipinski definition) is 1. The summed E-state index contributed by atoms with van der Waals surface area (Å²) in [6.07, 6.45) is 2.27. The van der Waals surface area contributed by atoms with Crippen LogP contribution in [0.15, 0.2) is 6.20 Å². The van der Waals surface area contributed by atoms with Crippen LogP contribution in [-0.4, -0.2) is 52.1 Å². The van der Waals surface area contributed by atoms with Crippen molar-refractivity contribution in [2.45, 2.75) is 26.8 Å². The number of hydrogen-bond acceptors (Lipinski definition) is 5. The van der Waals surface area contributed by atoms with Crippen molar-refractivity contribution >= 4 is 5.97 Å². The molecule has 0 atom stereocenters. The zero-order valence-corrected chi connectivity index (χ0v) is 11.9. The fourth-order valence-corrected chi connectivity index (χ4v) is 1.88. The van der Waals surface area contributed by atoms with E-state index in [4.69, 9.17) is 9.84 Å². The van der Waals surface area contributed by atoms with E-state index in [2.05, 4.69) is 16.9 Å². The van der Waals surface area contributed by atoms with Gasteiger partial charge in [0.2, 0.25) is 0 Å². The standard InChI is InChI=1S/C13H23N3O3/c1-4-16(7-6-8-17)10-12-11(9-14-15(12)3)13(18)19-5-2/h9,17H,4-8,10H2,1-3H3. The van der Waals surface area contributed by atoms with Crippen LogP contribution in [0.5, 0.6) is 0 Å². The highest BCUT2D eigenvalue weighted by Crippen LogP contribution is 2.12. The molecule has 6 heteroatoms. The van der Waals surface area contributed by atoms with Gasteiger partial charge < -0.3 is 9.84 Å². The summed E-state index contributed by atoms with van der Waals surface area (Å²) in [5.74, 6) is -0.330. The van der Waals surface area contributed by atoms with Crippen molar-refractivity contribution in [1.29, 1.82) is 0 Å². The van der Waals surface area contributed by atoms with Crippen molar-refractivity contribution < 1.29 is 14.6 Å². The van der Waals surface area contributed by atoms with Gasteiger partial charge >= 0.3 is 5.97 Å². The van der Waals surface area contributed by atoms with Gasteiger partial charge in [0.1, 0.15) is 5.56 Å². The molecule has 0 radical (unpaired) electrons. The lowest BCUT2D eigenvalue weighted by molar-refractivity contribution is 0.0523. The van der Waals surface area contributed by atoms with Crippen LogP contribution in [0.3, 0.4) is 0 Å². The van der Waals surface area contributed by atoms with Crippen molar-refractivity contribution in [3.8, 4) is 0 Å². The Balaban J connectivity index is 2.80. The minimum Gasteiger partial charge on any atom is -0.462 e. The Hall–Kier alpha value is -1.40. The maximum atomic E-state index is 11.8. The molecule has 0 fully saturated rings. The van der Waals surface area contributed by atoms with E-state index in [9.17, 15) is 4.79 Å². The molecule has 0 unspecified atom stereocenters. The Labute approximate surface area is 114 Å². The van der Waals surface area contributed by atoms with Crippen LogP contribution < -0.4 is 0 Å². The minimum absolute atomic E-state index is 0.173. The van der Waals surface area contributed by atoms with E-state index in [1.165, 1.54) is 0 Å². The average Bonchev–Trinajstić information content (AvgIpc) is 2.76. The lowest BCUT2D eigenvalue weighted by Crippen LogP contribution is -2.27. The van der Waals surface area contributed by atoms with Crippen LogP contribution in [0, 0.1) is 0 Å². The summed E-state index contributed by atoms with van der Waals surface area (Å²) < 4.78 is 6.73. The summed E-state index contributed by atoms with van der Waals surface area (Å²) in [6, 6.07) is 0. The third-order valence-corrected chi connectivity index (χ3v) is 3.01. The molecule has 1 heterocycles. The van der Waals surface area contributed by atoms with Crippen molar-refractivity contribution in [3.63, 3.8) is 0 Å². The lowest BCUT2D eigenvalue weighted by atomic mass is 10.2. The number of rotatable bonds is 8. The molecule has 1 aromatic rings. The van der Waals surface area contributed by atoms with Gasteiger partial charge in [0.25, 0.3) is 0 Å². The van der Waals surface area contributed by atoms with Crippen molar-refractivity contribution in [2.75, 3.05) is 26.3 Å². The van der Waals surface area contributed by atoms with E-state index in [0.717, 1.165) is 25.2 Å². The molecule has 0 aromatic carbocycles. The smallest absolute Gasteiger partial charge is 0.341 e. The third kappa shape index (κ3) is 4.33. The zero-order valence-electron chi connectivity index (χ0n) is 11.9. The quantitative estimate of drug-likeness (QED) is 0.707. The highest BCUT2D eigenvalue weighted by atomic mass is 16.5. The molecule has 1 rings (SSSR count). The molecule has 108 valence electrons. The van der Waals surface area contributed by atoms with E-state index in [1.807, 2.05) is 7.05 Å². The summed E-state index contributed by atoms with van der Waals surface area (Å²) in [5, 5.41) is 13.0. The SMILES string of the molecule is CCOC(=O)c1cnn(C)c1CN(CC)CCCO. The maximum absolute atomic E-state index is 11.8. The number of aliphatic hydroxyl groups is 1. The summed E-state index contributed by atoms with van der Waals surface area (Å²) in [4.78, 5) is 14.0. The molecule has 0 aliphatic carbocycles. The van der Waals surface area contributed by atoms with Gasteiger partial charge in [-0.05, 0) is 19.9 Å². The van der Waals surface area contributed by atoms with Crippen LogP contribution >= 0.6 is 0 Å². The highest BCUT2D eigenvalue weighted by molar-refractivity contribution is 5.90. The van der Waals surface area contributed by atoms with Crippen LogP contribution in [-0.2, 0) is 18.3 Å². The minimum atomic E-state index is -0.330. The molecule has 1 aromatic heterocycles. The fourth-order valence-electron chi connectivity index (χ4n) is 1.88. The number of esters is 1. The number of carbonyl (C=O) groups is 1. The maximum Gasteiger partial charge on any atom is 0.341 e. The first-order chi connectivity index (χ1) is 9.13. The molecule has 0 bridgehead atoms. The van der Waals surface area contributed by atoms with Crippen molar-refractivity contribution in [2.24, 2.45) is 7.05 Å². The number of nitrogens with zero attached hydrogens (tertiary/aromatic N) is 3. The van der Waals surface area contributed by atoms with E-state index in [-0.39, 0.29) is 12.6 Å². The topological polar surface area (TPSA) is 67.6 Å². The summed E-state index contributed by atoms with van der Waals surface area (Å²) in [6.45, 7) is 6.64. The molecule has 0 saturated heterocycles. The lowest BCUT2D eigenvalue weighted by Gasteiger charge is -2.20. The van der Waals surface area contributed by atoms with Gasteiger partial charge in [-0.15, -0.1) is 0 Å². The van der Waals surface area contributed by atoms with Crippen LogP contribution in [0.2, 0.25) is 0 Å². The summed E-state index contributed by atoms with van der Waals surface area (Å²) in [7, 11) is 1.82. The first-order valence-electron chi connectivity index (χ1n) is 6.65.